The summed E-state index contributed by atoms with van der Waals surface area (Å²) in [6, 6.07) is 2.03. The normalized spacial score (nSPS) is 19.1. The monoisotopic (exact) mass is 222 g/mol. The molecule has 0 atom stereocenters. The Balaban J connectivity index is 2.51. The van der Waals surface area contributed by atoms with Crippen molar-refractivity contribution in [2.24, 2.45) is 10.8 Å². The molecule has 0 radical (unpaired) electrons. The van der Waals surface area contributed by atoms with E-state index < -0.39 is 5.41 Å². The minimum Gasteiger partial charge on any atom is -0.354 e. The maximum Gasteiger partial charge on any atom is 0.239 e. The highest BCUT2D eigenvalue weighted by Crippen LogP contribution is 2.40. The Morgan fingerprint density at radius 3 is 2.44 bits per heavy atom. The molecule has 3 nitrogen and oxygen atoms in total. The number of amides is 1. The highest BCUT2D eigenvalue weighted by molar-refractivity contribution is 5.84. The SMILES string of the molecule is CCC1(CNC(=O)C(C)(C)C#N)CCCC1. The van der Waals surface area contributed by atoms with Crippen LogP contribution in [0.15, 0.2) is 0 Å². The maximum absolute atomic E-state index is 11.8. The molecular formula is C13H22N2O. The summed E-state index contributed by atoms with van der Waals surface area (Å²) in [5.74, 6) is -0.144. The fourth-order valence-electron chi connectivity index (χ4n) is 2.32. The maximum atomic E-state index is 11.8. The van der Waals surface area contributed by atoms with Crippen LogP contribution in [0, 0.1) is 22.2 Å². The second kappa shape index (κ2) is 4.86. The van der Waals surface area contributed by atoms with Gasteiger partial charge in [-0.15, -0.1) is 0 Å². The number of carbonyl (C=O) groups is 1. The Bertz CT molecular complexity index is 296. The van der Waals surface area contributed by atoms with Crippen LogP contribution in [0.3, 0.4) is 0 Å². The minimum absolute atomic E-state index is 0.144. The average molecular weight is 222 g/mol. The van der Waals surface area contributed by atoms with E-state index in [-0.39, 0.29) is 5.91 Å². The van der Waals surface area contributed by atoms with Gasteiger partial charge in [0.2, 0.25) is 5.91 Å². The number of hydrogen-bond donors (Lipinski definition) is 1. The third-order valence-corrected chi connectivity index (χ3v) is 3.89. The second-order valence-corrected chi connectivity index (χ2v) is 5.48. The Hall–Kier alpha value is -1.04. The van der Waals surface area contributed by atoms with Crippen molar-refractivity contribution in [2.75, 3.05) is 6.54 Å². The molecular weight excluding hydrogens is 200 g/mol. The molecule has 1 fully saturated rings. The van der Waals surface area contributed by atoms with E-state index in [1.54, 1.807) is 13.8 Å². The van der Waals surface area contributed by atoms with Gasteiger partial charge in [-0.1, -0.05) is 19.8 Å². The molecule has 16 heavy (non-hydrogen) atoms. The summed E-state index contributed by atoms with van der Waals surface area (Å²) in [5, 5.41) is 11.8. The van der Waals surface area contributed by atoms with Crippen LogP contribution in [0.25, 0.3) is 0 Å². The fourth-order valence-corrected chi connectivity index (χ4v) is 2.32. The zero-order valence-corrected chi connectivity index (χ0v) is 10.6. The standard InChI is InChI=1S/C13H22N2O/c1-4-13(7-5-6-8-13)10-15-11(16)12(2,3)9-14/h4-8,10H2,1-3H3,(H,15,16). The molecule has 0 spiro atoms. The van der Waals surface area contributed by atoms with Crippen molar-refractivity contribution in [3.63, 3.8) is 0 Å². The lowest BCUT2D eigenvalue weighted by Gasteiger charge is -2.29. The van der Waals surface area contributed by atoms with Crippen molar-refractivity contribution in [1.82, 2.24) is 5.32 Å². The van der Waals surface area contributed by atoms with Crippen molar-refractivity contribution >= 4 is 5.91 Å². The van der Waals surface area contributed by atoms with Crippen molar-refractivity contribution in [2.45, 2.75) is 52.9 Å². The highest BCUT2D eigenvalue weighted by Gasteiger charge is 2.34. The van der Waals surface area contributed by atoms with E-state index in [1.165, 1.54) is 25.7 Å². The van der Waals surface area contributed by atoms with Gasteiger partial charge in [-0.2, -0.15) is 5.26 Å². The summed E-state index contributed by atoms with van der Waals surface area (Å²) in [4.78, 5) is 11.8. The number of nitriles is 1. The molecule has 1 rings (SSSR count). The van der Waals surface area contributed by atoms with Crippen LogP contribution < -0.4 is 5.32 Å². The van der Waals surface area contributed by atoms with E-state index in [9.17, 15) is 4.79 Å². The molecule has 0 heterocycles. The summed E-state index contributed by atoms with van der Waals surface area (Å²) in [5.41, 5.74) is -0.616. The summed E-state index contributed by atoms with van der Waals surface area (Å²) >= 11 is 0. The lowest BCUT2D eigenvalue weighted by atomic mass is 9.83. The smallest absolute Gasteiger partial charge is 0.239 e. The van der Waals surface area contributed by atoms with Gasteiger partial charge in [0.05, 0.1) is 6.07 Å². The Morgan fingerprint density at radius 2 is 2.00 bits per heavy atom. The van der Waals surface area contributed by atoms with Crippen molar-refractivity contribution < 1.29 is 4.79 Å². The zero-order chi connectivity index (χ0) is 12.2. The molecule has 1 aliphatic rings. The molecule has 0 aromatic carbocycles. The molecule has 0 aromatic heterocycles. The van der Waals surface area contributed by atoms with Crippen molar-refractivity contribution in [3.8, 4) is 6.07 Å². The van der Waals surface area contributed by atoms with Gasteiger partial charge in [0, 0.05) is 6.54 Å². The minimum atomic E-state index is -0.909. The summed E-state index contributed by atoms with van der Waals surface area (Å²) in [7, 11) is 0. The van der Waals surface area contributed by atoms with Crippen LogP contribution in [0.5, 0.6) is 0 Å². The number of nitrogens with one attached hydrogen (secondary N) is 1. The Labute approximate surface area is 98.2 Å². The van der Waals surface area contributed by atoms with Crippen LogP contribution >= 0.6 is 0 Å². The highest BCUT2D eigenvalue weighted by atomic mass is 16.2. The fraction of sp³-hybridized carbons (Fsp3) is 0.846. The summed E-state index contributed by atoms with van der Waals surface area (Å²) < 4.78 is 0. The number of rotatable bonds is 4. The first kappa shape index (κ1) is 13.0. The van der Waals surface area contributed by atoms with Crippen molar-refractivity contribution in [3.05, 3.63) is 0 Å². The average Bonchev–Trinajstić information content (AvgIpc) is 2.75. The Morgan fingerprint density at radius 1 is 1.44 bits per heavy atom. The van der Waals surface area contributed by atoms with Crippen molar-refractivity contribution in [1.29, 1.82) is 5.26 Å². The molecule has 3 heteroatoms. The largest absolute Gasteiger partial charge is 0.354 e. The number of hydrogen-bond acceptors (Lipinski definition) is 2. The number of nitrogens with zero attached hydrogens (tertiary/aromatic N) is 1. The summed E-state index contributed by atoms with van der Waals surface area (Å²) in [6.07, 6.45) is 6.06. The first-order valence-electron chi connectivity index (χ1n) is 6.15. The zero-order valence-electron chi connectivity index (χ0n) is 10.6. The lowest BCUT2D eigenvalue weighted by Crippen LogP contribution is -2.41. The Kier molecular flexibility index (Phi) is 3.96. The van der Waals surface area contributed by atoms with E-state index in [2.05, 4.69) is 12.2 Å². The predicted octanol–water partition coefficient (Wildman–Crippen LogP) is 2.62. The molecule has 1 saturated carbocycles. The van der Waals surface area contributed by atoms with Gasteiger partial charge in [-0.05, 0) is 38.5 Å². The molecule has 1 N–H and O–H groups in total. The number of carbonyl (C=O) groups excluding carboxylic acids is 1. The molecule has 0 aromatic rings. The quantitative estimate of drug-likeness (QED) is 0.795. The van der Waals surface area contributed by atoms with Crippen LogP contribution in [-0.2, 0) is 4.79 Å². The van der Waals surface area contributed by atoms with Gasteiger partial charge < -0.3 is 5.32 Å². The van der Waals surface area contributed by atoms with E-state index in [1.807, 2.05) is 6.07 Å². The van der Waals surface area contributed by atoms with E-state index in [0.29, 0.717) is 5.41 Å². The molecule has 0 bridgehead atoms. The third kappa shape index (κ3) is 2.75. The first-order chi connectivity index (χ1) is 7.46. The molecule has 1 amide bonds. The third-order valence-electron chi connectivity index (χ3n) is 3.89. The molecule has 1 aliphatic carbocycles. The van der Waals surface area contributed by atoms with Crippen LogP contribution in [0.4, 0.5) is 0 Å². The first-order valence-corrected chi connectivity index (χ1v) is 6.15. The van der Waals surface area contributed by atoms with Gasteiger partial charge in [0.25, 0.3) is 0 Å². The topological polar surface area (TPSA) is 52.9 Å². The van der Waals surface area contributed by atoms with E-state index in [0.717, 1.165) is 13.0 Å². The van der Waals surface area contributed by atoms with Crippen LogP contribution in [-0.4, -0.2) is 12.5 Å². The second-order valence-electron chi connectivity index (χ2n) is 5.48. The van der Waals surface area contributed by atoms with Gasteiger partial charge in [0.15, 0.2) is 0 Å². The van der Waals surface area contributed by atoms with Gasteiger partial charge in [0.1, 0.15) is 5.41 Å². The van der Waals surface area contributed by atoms with E-state index >= 15 is 0 Å². The van der Waals surface area contributed by atoms with Gasteiger partial charge in [-0.25, -0.2) is 0 Å². The predicted molar refractivity (Wildman–Crippen MR) is 63.6 cm³/mol. The van der Waals surface area contributed by atoms with Gasteiger partial charge in [-0.3, -0.25) is 4.79 Å². The molecule has 0 unspecified atom stereocenters. The molecule has 0 saturated heterocycles. The molecule has 90 valence electrons. The van der Waals surface area contributed by atoms with E-state index in [4.69, 9.17) is 5.26 Å². The van der Waals surface area contributed by atoms with Crippen LogP contribution in [0.1, 0.15) is 52.9 Å². The molecule has 0 aliphatic heterocycles. The van der Waals surface area contributed by atoms with Gasteiger partial charge >= 0.3 is 0 Å². The summed E-state index contributed by atoms with van der Waals surface area (Å²) in [6.45, 7) is 6.24. The lowest BCUT2D eigenvalue weighted by molar-refractivity contribution is -0.127. The van der Waals surface area contributed by atoms with Crippen LogP contribution in [0.2, 0.25) is 0 Å².